The smallest absolute Gasteiger partial charge is 0.213 e. The lowest BCUT2D eigenvalue weighted by Crippen LogP contribution is -2.57. The summed E-state index contributed by atoms with van der Waals surface area (Å²) in [6.07, 6.45) is 4.93. The molecule has 3 aromatic rings. The van der Waals surface area contributed by atoms with Crippen LogP contribution in [-0.4, -0.2) is 83.1 Å². The molecule has 3 aliphatic rings. The van der Waals surface area contributed by atoms with Crippen molar-refractivity contribution in [2.75, 3.05) is 50.8 Å². The Morgan fingerprint density at radius 2 is 1.94 bits per heavy atom. The molecule has 0 amide bonds. The van der Waals surface area contributed by atoms with E-state index in [-0.39, 0.29) is 6.10 Å². The molecule has 6 rings (SSSR count). The highest BCUT2D eigenvalue weighted by Gasteiger charge is 2.34. The molecule has 3 aliphatic heterocycles. The van der Waals surface area contributed by atoms with Crippen LogP contribution in [0.4, 0.5) is 5.82 Å². The molecule has 1 unspecified atom stereocenters. The maximum absolute atomic E-state index is 9.69. The van der Waals surface area contributed by atoms with Crippen LogP contribution in [0.5, 0.6) is 5.88 Å². The van der Waals surface area contributed by atoms with Crippen LogP contribution in [-0.2, 0) is 6.54 Å². The Hall–Kier alpha value is -2.68. The minimum atomic E-state index is -0.184. The van der Waals surface area contributed by atoms with Crippen LogP contribution in [0.3, 0.4) is 0 Å². The largest absolute Gasteiger partial charge is 0.477 e. The van der Waals surface area contributed by atoms with Gasteiger partial charge in [-0.1, -0.05) is 23.4 Å². The number of hydrogen-bond donors (Lipinski definition) is 1. The number of aromatic nitrogens is 2. The summed E-state index contributed by atoms with van der Waals surface area (Å²) >= 11 is 0. The molecule has 3 saturated heterocycles. The molecule has 8 nitrogen and oxygen atoms in total. The maximum Gasteiger partial charge on any atom is 0.213 e. The first kappa shape index (κ1) is 21.8. The third-order valence-electron chi connectivity index (χ3n) is 7.58. The van der Waals surface area contributed by atoms with Crippen LogP contribution >= 0.6 is 0 Å². The van der Waals surface area contributed by atoms with Crippen LogP contribution in [0.2, 0.25) is 0 Å². The molecule has 180 valence electrons. The summed E-state index contributed by atoms with van der Waals surface area (Å²) in [7, 11) is 0. The van der Waals surface area contributed by atoms with Gasteiger partial charge in [-0.3, -0.25) is 9.80 Å². The molecule has 0 aliphatic carbocycles. The average Bonchev–Trinajstić information content (AvgIpc) is 3.49. The van der Waals surface area contributed by atoms with Crippen LogP contribution in [0.15, 0.2) is 47.1 Å². The number of rotatable bonds is 6. The van der Waals surface area contributed by atoms with Gasteiger partial charge in [-0.15, -0.1) is 0 Å². The predicted molar refractivity (Wildman–Crippen MR) is 130 cm³/mol. The summed E-state index contributed by atoms with van der Waals surface area (Å²) in [6, 6.07) is 12.7. The number of piperidine rings is 1. The monoisotopic (exact) mass is 463 g/mol. The Bertz CT molecular complexity index is 1100. The number of likely N-dealkylation sites (tertiary alicyclic amines) is 1. The zero-order valence-corrected chi connectivity index (χ0v) is 19.6. The van der Waals surface area contributed by atoms with E-state index < -0.39 is 0 Å². The molecule has 1 aromatic carbocycles. The van der Waals surface area contributed by atoms with Gasteiger partial charge in [-0.25, -0.2) is 4.98 Å². The molecule has 5 heterocycles. The van der Waals surface area contributed by atoms with Gasteiger partial charge >= 0.3 is 0 Å². The molecular weight excluding hydrogens is 430 g/mol. The first-order chi connectivity index (χ1) is 16.7. The van der Waals surface area contributed by atoms with Crippen LogP contribution in [0, 0.1) is 5.92 Å². The van der Waals surface area contributed by atoms with E-state index in [1.807, 2.05) is 30.5 Å². The quantitative estimate of drug-likeness (QED) is 0.598. The number of piperazine rings is 1. The highest BCUT2D eigenvalue weighted by molar-refractivity contribution is 5.88. The number of aliphatic hydroxyl groups excluding tert-OH is 1. The predicted octanol–water partition coefficient (Wildman–Crippen LogP) is 2.77. The lowest BCUT2D eigenvalue weighted by molar-refractivity contribution is 0.0716. The number of fused-ring (bicyclic) bond motifs is 2. The molecule has 8 heteroatoms. The number of pyridine rings is 1. The molecule has 0 saturated carbocycles. The van der Waals surface area contributed by atoms with Gasteiger partial charge < -0.3 is 19.3 Å². The molecule has 2 aromatic heterocycles. The van der Waals surface area contributed by atoms with E-state index >= 15 is 0 Å². The fourth-order valence-corrected chi connectivity index (χ4v) is 5.69. The Balaban J connectivity index is 0.988. The van der Waals surface area contributed by atoms with Gasteiger partial charge in [0.2, 0.25) is 5.88 Å². The van der Waals surface area contributed by atoms with Crippen molar-refractivity contribution in [2.24, 2.45) is 5.92 Å². The number of anilines is 1. The third kappa shape index (κ3) is 4.62. The molecule has 34 heavy (non-hydrogen) atoms. The van der Waals surface area contributed by atoms with Gasteiger partial charge in [0.05, 0.1) is 18.1 Å². The molecule has 3 fully saturated rings. The van der Waals surface area contributed by atoms with Crippen LogP contribution < -0.4 is 9.64 Å². The van der Waals surface area contributed by atoms with Crippen LogP contribution in [0.1, 0.15) is 24.8 Å². The molecule has 3 atom stereocenters. The van der Waals surface area contributed by atoms with E-state index in [1.54, 1.807) is 0 Å². The number of ether oxygens (including phenoxy) is 1. The number of nitrogens with zero attached hydrogens (tertiary/aromatic N) is 5. The van der Waals surface area contributed by atoms with Crippen LogP contribution in [0.25, 0.3) is 11.0 Å². The third-order valence-corrected chi connectivity index (χ3v) is 7.58. The van der Waals surface area contributed by atoms with Crippen molar-refractivity contribution in [1.29, 1.82) is 0 Å². The summed E-state index contributed by atoms with van der Waals surface area (Å²) < 4.78 is 11.6. The number of aliphatic hydroxyl groups is 1. The number of benzene rings is 1. The normalized spacial score (nSPS) is 26.1. The molecule has 0 spiro atoms. The lowest BCUT2D eigenvalue weighted by Gasteiger charge is -2.46. The van der Waals surface area contributed by atoms with E-state index in [1.165, 1.54) is 18.4 Å². The summed E-state index contributed by atoms with van der Waals surface area (Å²) in [6.45, 7) is 7.35. The SMILES string of the molecule is OC1CCN(Cc2ccc(OC[C@@H]3CC[C@@H]4CN(c5noc6ccccc56)CCN4C3)nc2)C1. The van der Waals surface area contributed by atoms with Gasteiger partial charge in [0, 0.05) is 70.0 Å². The summed E-state index contributed by atoms with van der Waals surface area (Å²) in [5.41, 5.74) is 2.02. The van der Waals surface area contributed by atoms with Crippen molar-refractivity contribution >= 4 is 16.8 Å². The zero-order valence-electron chi connectivity index (χ0n) is 19.6. The summed E-state index contributed by atoms with van der Waals surface area (Å²) in [4.78, 5) is 11.8. The second-order valence-electron chi connectivity index (χ2n) is 10.0. The second-order valence-corrected chi connectivity index (χ2v) is 10.0. The minimum absolute atomic E-state index is 0.184. The van der Waals surface area contributed by atoms with Gasteiger partial charge in [-0.2, -0.15) is 0 Å². The van der Waals surface area contributed by atoms with Crippen molar-refractivity contribution in [3.05, 3.63) is 48.2 Å². The van der Waals surface area contributed by atoms with Crippen molar-refractivity contribution in [3.63, 3.8) is 0 Å². The van der Waals surface area contributed by atoms with Gasteiger partial charge in [-0.05, 0) is 37.0 Å². The fourth-order valence-electron chi connectivity index (χ4n) is 5.69. The van der Waals surface area contributed by atoms with Crippen molar-refractivity contribution in [1.82, 2.24) is 19.9 Å². The number of para-hydroxylation sites is 1. The Labute approximate surface area is 200 Å². The van der Waals surface area contributed by atoms with Gasteiger partial charge in [0.1, 0.15) is 0 Å². The van der Waals surface area contributed by atoms with E-state index in [0.717, 1.165) is 69.0 Å². The van der Waals surface area contributed by atoms with Gasteiger partial charge in [0.25, 0.3) is 0 Å². The van der Waals surface area contributed by atoms with Crippen molar-refractivity contribution in [2.45, 2.75) is 38.0 Å². The highest BCUT2D eigenvalue weighted by atomic mass is 16.5. The maximum atomic E-state index is 9.69. The first-order valence-electron chi connectivity index (χ1n) is 12.5. The standard InChI is InChI=1S/C26H33N5O3/c32-22-9-10-29(17-22)14-19-6-8-25(27-13-19)33-18-20-5-7-21-16-31(12-11-30(21)15-20)26-23-3-1-2-4-24(23)34-28-26/h1-4,6,8,13,20-22,32H,5,7,9-12,14-18H2/t20-,21-,22?/m1/s1. The average molecular weight is 464 g/mol. The summed E-state index contributed by atoms with van der Waals surface area (Å²) in [5.74, 6) is 2.22. The fraction of sp³-hybridized carbons (Fsp3) is 0.538. The number of hydrogen-bond acceptors (Lipinski definition) is 8. The summed E-state index contributed by atoms with van der Waals surface area (Å²) in [5, 5.41) is 15.2. The molecule has 0 radical (unpaired) electrons. The van der Waals surface area contributed by atoms with E-state index in [2.05, 4.69) is 37.0 Å². The van der Waals surface area contributed by atoms with E-state index in [4.69, 9.17) is 9.26 Å². The lowest BCUT2D eigenvalue weighted by atomic mass is 9.91. The molecule has 1 N–H and O–H groups in total. The Morgan fingerprint density at radius 3 is 2.79 bits per heavy atom. The zero-order chi connectivity index (χ0) is 22.9. The Morgan fingerprint density at radius 1 is 1.00 bits per heavy atom. The van der Waals surface area contributed by atoms with Crippen molar-refractivity contribution in [3.8, 4) is 5.88 Å². The van der Waals surface area contributed by atoms with Crippen molar-refractivity contribution < 1.29 is 14.4 Å². The van der Waals surface area contributed by atoms with E-state index in [9.17, 15) is 5.11 Å². The molecular formula is C26H33N5O3. The highest BCUT2D eigenvalue weighted by Crippen LogP contribution is 2.31. The molecule has 0 bridgehead atoms. The minimum Gasteiger partial charge on any atom is -0.477 e. The number of β-amino-alcohol motifs (C(OH)–C–C–N with tert-alkyl or cyclic N) is 1. The second kappa shape index (κ2) is 9.52. The Kier molecular flexibility index (Phi) is 6.11. The topological polar surface area (TPSA) is 78.1 Å². The van der Waals surface area contributed by atoms with E-state index in [0.29, 0.717) is 24.4 Å². The first-order valence-corrected chi connectivity index (χ1v) is 12.5. The van der Waals surface area contributed by atoms with Gasteiger partial charge in [0.15, 0.2) is 11.4 Å².